The topological polar surface area (TPSA) is 72.5 Å². The number of fused-ring (bicyclic) bond motifs is 2. The molecule has 1 aromatic carbocycles. The van der Waals surface area contributed by atoms with Crippen LogP contribution in [0.15, 0.2) is 29.3 Å². The molecule has 4 nitrogen and oxygen atoms in total. The molecule has 0 aromatic heterocycles. The first-order chi connectivity index (χ1) is 11.5. The lowest BCUT2D eigenvalue weighted by molar-refractivity contribution is -0.119. The van der Waals surface area contributed by atoms with E-state index in [9.17, 15) is 9.59 Å². The van der Waals surface area contributed by atoms with Gasteiger partial charge in [-0.05, 0) is 68.1 Å². The highest BCUT2D eigenvalue weighted by atomic mass is 32.2. The third-order valence-electron chi connectivity index (χ3n) is 6.00. The fraction of sp³-hybridized carbons (Fsp3) is 0.526. The number of primary amides is 1. The van der Waals surface area contributed by atoms with E-state index in [1.807, 2.05) is 19.1 Å². The molecule has 1 aromatic rings. The number of benzene rings is 1. The molecule has 4 unspecified atom stereocenters. The Morgan fingerprint density at radius 2 is 2.04 bits per heavy atom. The summed E-state index contributed by atoms with van der Waals surface area (Å²) in [5.74, 6) is 1.93. The summed E-state index contributed by atoms with van der Waals surface area (Å²) in [5.41, 5.74) is 6.63. The minimum atomic E-state index is -0.677. The number of nitrogens with zero attached hydrogens (tertiary/aromatic N) is 1. The number of aliphatic imine (C=N–C) groups is 1. The van der Waals surface area contributed by atoms with E-state index < -0.39 is 10.7 Å². The van der Waals surface area contributed by atoms with Crippen LogP contribution in [-0.4, -0.2) is 16.9 Å². The molecule has 24 heavy (non-hydrogen) atoms. The number of rotatable bonds is 4. The van der Waals surface area contributed by atoms with Gasteiger partial charge in [-0.15, -0.1) is 0 Å². The van der Waals surface area contributed by atoms with Crippen LogP contribution in [-0.2, 0) is 9.54 Å². The zero-order valence-corrected chi connectivity index (χ0v) is 14.6. The first-order valence-corrected chi connectivity index (χ1v) is 9.48. The summed E-state index contributed by atoms with van der Waals surface area (Å²) in [6.07, 6.45) is 6.38. The van der Waals surface area contributed by atoms with Crippen molar-refractivity contribution in [3.8, 4) is 0 Å². The van der Waals surface area contributed by atoms with Gasteiger partial charge in [-0.2, -0.15) is 0 Å². The van der Waals surface area contributed by atoms with Crippen molar-refractivity contribution in [2.75, 3.05) is 0 Å². The largest absolute Gasteiger partial charge is 0.366 e. The highest BCUT2D eigenvalue weighted by Crippen LogP contribution is 2.52. The molecular formula is C19H22N2O2S. The highest BCUT2D eigenvalue weighted by Gasteiger charge is 2.45. The van der Waals surface area contributed by atoms with Gasteiger partial charge in [0.05, 0.1) is 5.04 Å². The molecule has 2 N–H and O–H groups in total. The van der Waals surface area contributed by atoms with Crippen molar-refractivity contribution in [1.29, 1.82) is 0 Å². The Morgan fingerprint density at radius 3 is 2.62 bits per heavy atom. The summed E-state index contributed by atoms with van der Waals surface area (Å²) in [6, 6.07) is 7.01. The second-order valence-electron chi connectivity index (χ2n) is 7.53. The van der Waals surface area contributed by atoms with E-state index in [0.717, 1.165) is 28.9 Å². The van der Waals surface area contributed by atoms with Gasteiger partial charge in [-0.1, -0.05) is 30.3 Å². The number of nitrogens with two attached hydrogens (primary N) is 1. The summed E-state index contributed by atoms with van der Waals surface area (Å²) in [5, 5.41) is 0.985. The Balaban J connectivity index is 1.49. The average Bonchev–Trinajstić information content (AvgIpc) is 3.24. The van der Waals surface area contributed by atoms with E-state index >= 15 is 0 Å². The molecule has 2 bridgehead atoms. The molecule has 4 atom stereocenters. The number of carbonyl (C=O) groups is 2. The van der Waals surface area contributed by atoms with Crippen LogP contribution in [0.1, 0.15) is 54.9 Å². The highest BCUT2D eigenvalue weighted by molar-refractivity contribution is 8.15. The Kier molecular flexibility index (Phi) is 3.79. The maximum absolute atomic E-state index is 12.6. The number of hydrogen-bond donors (Lipinski definition) is 1. The molecule has 2 amide bonds. The smallest absolute Gasteiger partial charge is 0.267 e. The maximum atomic E-state index is 12.6. The predicted molar refractivity (Wildman–Crippen MR) is 95.9 cm³/mol. The molecule has 0 radical (unpaired) electrons. The van der Waals surface area contributed by atoms with Crippen LogP contribution >= 0.6 is 11.8 Å². The Hall–Kier alpha value is -1.62. The molecular weight excluding hydrogens is 320 g/mol. The number of thioether (sulfide) groups is 1. The van der Waals surface area contributed by atoms with Crippen LogP contribution in [0.2, 0.25) is 0 Å². The van der Waals surface area contributed by atoms with Gasteiger partial charge in [0.1, 0.15) is 4.75 Å². The Morgan fingerprint density at radius 1 is 1.29 bits per heavy atom. The van der Waals surface area contributed by atoms with Crippen molar-refractivity contribution in [2.45, 2.75) is 43.8 Å². The van der Waals surface area contributed by atoms with E-state index in [-0.39, 0.29) is 5.91 Å². The van der Waals surface area contributed by atoms with E-state index in [4.69, 9.17) is 5.73 Å². The maximum Gasteiger partial charge on any atom is 0.267 e. The summed E-state index contributed by atoms with van der Waals surface area (Å²) in [7, 11) is 0. The SMILES string of the molecule is CC1(c2ccc(C(N)=O)cc2)SC(CC2CC3CCC2C3)=NC1=O. The van der Waals surface area contributed by atoms with Crippen LogP contribution < -0.4 is 5.73 Å². The first-order valence-electron chi connectivity index (χ1n) is 8.67. The molecule has 3 aliphatic rings. The molecule has 1 heterocycles. The molecule has 2 aliphatic carbocycles. The van der Waals surface area contributed by atoms with Crippen molar-refractivity contribution in [1.82, 2.24) is 0 Å². The fourth-order valence-electron chi connectivity index (χ4n) is 4.60. The van der Waals surface area contributed by atoms with Crippen LogP contribution in [0.3, 0.4) is 0 Å². The predicted octanol–water partition coefficient (Wildman–Crippen LogP) is 3.50. The normalized spacial score (nSPS) is 34.6. The van der Waals surface area contributed by atoms with Crippen LogP contribution in [0.4, 0.5) is 0 Å². The lowest BCUT2D eigenvalue weighted by Gasteiger charge is -2.23. The minimum Gasteiger partial charge on any atom is -0.366 e. The van der Waals surface area contributed by atoms with Crippen molar-refractivity contribution in [3.63, 3.8) is 0 Å². The lowest BCUT2D eigenvalue weighted by atomic mass is 9.87. The summed E-state index contributed by atoms with van der Waals surface area (Å²) in [4.78, 5) is 28.1. The number of carbonyl (C=O) groups excluding carboxylic acids is 2. The zero-order chi connectivity index (χ0) is 16.9. The van der Waals surface area contributed by atoms with E-state index in [1.165, 1.54) is 25.7 Å². The molecule has 2 fully saturated rings. The van der Waals surface area contributed by atoms with Gasteiger partial charge in [0.25, 0.3) is 5.91 Å². The molecule has 0 saturated heterocycles. The molecule has 126 valence electrons. The van der Waals surface area contributed by atoms with Gasteiger partial charge in [0.15, 0.2) is 0 Å². The zero-order valence-electron chi connectivity index (χ0n) is 13.8. The van der Waals surface area contributed by atoms with Gasteiger partial charge in [-0.25, -0.2) is 4.99 Å². The summed E-state index contributed by atoms with van der Waals surface area (Å²) in [6.45, 7) is 1.93. The standard InChI is InChI=1S/C19H22N2O2S/c1-19(15-6-4-12(5-7-15)17(20)22)18(23)21-16(24-19)10-14-9-11-2-3-13(14)8-11/h4-7,11,13-14H,2-3,8-10H2,1H3,(H2,20,22). The van der Waals surface area contributed by atoms with Gasteiger partial charge < -0.3 is 5.73 Å². The van der Waals surface area contributed by atoms with E-state index in [2.05, 4.69) is 4.99 Å². The van der Waals surface area contributed by atoms with Crippen LogP contribution in [0.5, 0.6) is 0 Å². The number of hydrogen-bond acceptors (Lipinski definition) is 3. The van der Waals surface area contributed by atoms with E-state index in [1.54, 1.807) is 23.9 Å². The van der Waals surface area contributed by atoms with Crippen LogP contribution in [0, 0.1) is 17.8 Å². The minimum absolute atomic E-state index is 0.0857. The lowest BCUT2D eigenvalue weighted by Crippen LogP contribution is -2.24. The first kappa shape index (κ1) is 15.9. The van der Waals surface area contributed by atoms with Crippen molar-refractivity contribution < 1.29 is 9.59 Å². The molecule has 0 spiro atoms. The second kappa shape index (κ2) is 5.73. The van der Waals surface area contributed by atoms with Crippen molar-refractivity contribution >= 4 is 28.6 Å². The van der Waals surface area contributed by atoms with Crippen LogP contribution in [0.25, 0.3) is 0 Å². The summed E-state index contributed by atoms with van der Waals surface area (Å²) < 4.78 is -0.677. The second-order valence-corrected chi connectivity index (χ2v) is 9.02. The third-order valence-corrected chi connectivity index (χ3v) is 7.31. The Labute approximate surface area is 146 Å². The van der Waals surface area contributed by atoms with Crippen molar-refractivity contribution in [3.05, 3.63) is 35.4 Å². The Bertz CT molecular complexity index is 727. The quantitative estimate of drug-likeness (QED) is 0.910. The van der Waals surface area contributed by atoms with E-state index in [0.29, 0.717) is 11.5 Å². The average molecular weight is 342 g/mol. The molecule has 5 heteroatoms. The molecule has 2 saturated carbocycles. The summed E-state index contributed by atoms with van der Waals surface area (Å²) >= 11 is 1.59. The molecule has 4 rings (SSSR count). The third kappa shape index (κ3) is 2.59. The van der Waals surface area contributed by atoms with Gasteiger partial charge in [0, 0.05) is 5.56 Å². The van der Waals surface area contributed by atoms with Gasteiger partial charge >= 0.3 is 0 Å². The van der Waals surface area contributed by atoms with Gasteiger partial charge in [-0.3, -0.25) is 9.59 Å². The van der Waals surface area contributed by atoms with Gasteiger partial charge in [0.2, 0.25) is 5.91 Å². The fourth-order valence-corrected chi connectivity index (χ4v) is 5.88. The van der Waals surface area contributed by atoms with Crippen molar-refractivity contribution in [2.24, 2.45) is 28.5 Å². The molecule has 1 aliphatic heterocycles. The monoisotopic (exact) mass is 342 g/mol. The number of amides is 2.